The van der Waals surface area contributed by atoms with Gasteiger partial charge in [0.25, 0.3) is 29.0 Å². The highest BCUT2D eigenvalue weighted by molar-refractivity contribution is 7.17. The molecule has 0 saturated heterocycles. The molecule has 9 aromatic carbocycles. The van der Waals surface area contributed by atoms with Gasteiger partial charge in [-0.3, -0.25) is 14.4 Å². The van der Waals surface area contributed by atoms with Crippen LogP contribution in [0.15, 0.2) is 182 Å². The average molecular weight is 1260 g/mol. The van der Waals surface area contributed by atoms with Gasteiger partial charge in [0.1, 0.15) is 34.5 Å². The maximum Gasteiger partial charge on any atom is 0.416 e. The second-order valence-corrected chi connectivity index (χ2v) is 22.2. The molecule has 0 spiro atoms. The first-order valence-electron chi connectivity index (χ1n) is 28.7. The van der Waals surface area contributed by atoms with E-state index in [1.54, 1.807) is 48.5 Å². The van der Waals surface area contributed by atoms with Crippen LogP contribution in [0.2, 0.25) is 0 Å². The molecule has 0 saturated carbocycles. The molecule has 0 aromatic heterocycles. The standard InChI is InChI=1S/C23H23F3N2O2.C23H25F2N2O2P.C22H23F2N2O2P/c1-2-27-13-4-14-28-22(29)17-7-12-20-16(15-17)5-3-6-21(20)30-19-10-8-18(9-11-19)23(24,25)26;1-27(2)14-4-13-26-22(28)17-7-12-20-16(15-17)5-3-6-21(20)29-19-10-8-18(9-11-19)23(24,25)30;1-25-12-3-13-26-21(27)16-6-11-19-15(14-16)4-2-5-20(19)28-18-9-7-17(8-10-18)22(23,24)29/h3,5-12,15,27H,2,4,13-14H2,1H3,(H,28,29);3,5-12,15H,4,13-14,30H2,1-2H3,(H,26,28);2,4-11,14,25H,3,12-13,29H2,1H3,(H,26,27). The molecule has 2 atom stereocenters. The summed E-state index contributed by atoms with van der Waals surface area (Å²) in [5, 5.41) is 19.9. The number of alkyl halides is 7. The van der Waals surface area contributed by atoms with Crippen molar-refractivity contribution >= 4 is 68.5 Å². The molecular weight excluding hydrogens is 1190 g/mol. The quantitative estimate of drug-likeness (QED) is 0.0227. The number of nitrogens with one attached hydrogen (secondary N) is 5. The molecule has 468 valence electrons. The van der Waals surface area contributed by atoms with Crippen molar-refractivity contribution in [3.8, 4) is 34.5 Å². The summed E-state index contributed by atoms with van der Waals surface area (Å²) in [6.07, 6.45) is -1.80. The van der Waals surface area contributed by atoms with Crippen molar-refractivity contribution in [3.63, 3.8) is 0 Å². The van der Waals surface area contributed by atoms with E-state index < -0.39 is 23.1 Å². The van der Waals surface area contributed by atoms with Gasteiger partial charge in [0, 0.05) is 63.6 Å². The number of carbonyl (C=O) groups is 3. The number of benzene rings is 9. The van der Waals surface area contributed by atoms with Crippen molar-refractivity contribution in [2.24, 2.45) is 0 Å². The van der Waals surface area contributed by atoms with Crippen molar-refractivity contribution in [2.75, 3.05) is 67.0 Å². The summed E-state index contributed by atoms with van der Waals surface area (Å²) in [6.45, 7) is 7.33. The predicted molar refractivity (Wildman–Crippen MR) is 345 cm³/mol. The Balaban J connectivity index is 0.000000190. The van der Waals surface area contributed by atoms with Crippen molar-refractivity contribution in [1.29, 1.82) is 0 Å². The van der Waals surface area contributed by atoms with Gasteiger partial charge in [0.2, 0.25) is 0 Å². The van der Waals surface area contributed by atoms with Gasteiger partial charge >= 0.3 is 6.18 Å². The summed E-state index contributed by atoms with van der Waals surface area (Å²) in [6, 6.07) is 48.5. The largest absolute Gasteiger partial charge is 0.457 e. The van der Waals surface area contributed by atoms with Crippen LogP contribution in [0.4, 0.5) is 30.7 Å². The van der Waals surface area contributed by atoms with E-state index in [1.807, 2.05) is 88.7 Å². The summed E-state index contributed by atoms with van der Waals surface area (Å²) >= 11 is 0. The number of hydrogen-bond donors (Lipinski definition) is 5. The third-order valence-electron chi connectivity index (χ3n) is 13.7. The highest BCUT2D eigenvalue weighted by Gasteiger charge is 2.30. The zero-order chi connectivity index (χ0) is 64.1. The zero-order valence-corrected chi connectivity index (χ0v) is 51.9. The topological polar surface area (TPSA) is 142 Å². The molecule has 0 aliphatic rings. The Morgan fingerprint density at radius 3 is 1.09 bits per heavy atom. The number of rotatable bonds is 24. The average Bonchev–Trinajstić information content (AvgIpc) is 3.28. The van der Waals surface area contributed by atoms with E-state index in [0.717, 1.165) is 89.9 Å². The van der Waals surface area contributed by atoms with Crippen molar-refractivity contribution in [1.82, 2.24) is 31.5 Å². The van der Waals surface area contributed by atoms with Gasteiger partial charge in [-0.25, -0.2) is 0 Å². The van der Waals surface area contributed by atoms with Crippen molar-refractivity contribution in [2.45, 2.75) is 43.7 Å². The fourth-order valence-corrected chi connectivity index (χ4v) is 9.38. The minimum Gasteiger partial charge on any atom is -0.457 e. The third-order valence-corrected chi connectivity index (χ3v) is 14.3. The molecule has 9 rings (SSSR count). The maximum atomic E-state index is 13.3. The molecule has 12 nitrogen and oxygen atoms in total. The number of halogens is 7. The van der Waals surface area contributed by atoms with Gasteiger partial charge in [0.15, 0.2) is 0 Å². The van der Waals surface area contributed by atoms with E-state index in [9.17, 15) is 45.1 Å². The van der Waals surface area contributed by atoms with Crippen LogP contribution in [0.5, 0.6) is 34.5 Å². The van der Waals surface area contributed by atoms with Gasteiger partial charge < -0.3 is 45.7 Å². The second-order valence-electron chi connectivity index (χ2n) is 20.8. The lowest BCUT2D eigenvalue weighted by atomic mass is 10.1. The van der Waals surface area contributed by atoms with E-state index in [0.29, 0.717) is 70.8 Å². The summed E-state index contributed by atoms with van der Waals surface area (Å²) in [5.41, 5.74) is -5.17. The molecule has 5 N–H and O–H groups in total. The van der Waals surface area contributed by atoms with E-state index in [1.165, 1.54) is 79.1 Å². The lowest BCUT2D eigenvalue weighted by Crippen LogP contribution is -2.27. The van der Waals surface area contributed by atoms with Crippen LogP contribution in [0.25, 0.3) is 32.3 Å². The van der Waals surface area contributed by atoms with Gasteiger partial charge in [0.05, 0.1) is 5.56 Å². The van der Waals surface area contributed by atoms with Gasteiger partial charge in [-0.15, -0.1) is 0 Å². The molecule has 89 heavy (non-hydrogen) atoms. The van der Waals surface area contributed by atoms with Gasteiger partial charge in [-0.05, 0) is 228 Å². The Hall–Kier alpha value is -8.18. The fraction of sp³-hybridized carbons (Fsp3) is 0.250. The monoisotopic (exact) mass is 1260 g/mol. The molecule has 3 amide bonds. The third kappa shape index (κ3) is 20.7. The summed E-state index contributed by atoms with van der Waals surface area (Å²) < 4.78 is 109. The van der Waals surface area contributed by atoms with Crippen molar-refractivity contribution < 1.29 is 59.3 Å². The number of carbonyl (C=O) groups excluding carboxylic acids is 3. The number of nitrogens with zero attached hydrogens (tertiary/aromatic N) is 1. The van der Waals surface area contributed by atoms with E-state index in [2.05, 4.69) is 31.5 Å². The number of fused-ring (bicyclic) bond motifs is 3. The molecule has 0 aliphatic carbocycles. The molecule has 0 radical (unpaired) electrons. The molecule has 0 bridgehead atoms. The minimum absolute atomic E-state index is 0.0981. The van der Waals surface area contributed by atoms with Crippen molar-refractivity contribution in [3.05, 3.63) is 215 Å². The van der Waals surface area contributed by atoms with E-state index >= 15 is 0 Å². The maximum absolute atomic E-state index is 13.3. The Kier molecular flexibility index (Phi) is 24.8. The van der Waals surface area contributed by atoms with Gasteiger partial charge in [-0.2, -0.15) is 30.7 Å². The van der Waals surface area contributed by atoms with Crippen LogP contribution in [-0.4, -0.2) is 89.6 Å². The Labute approximate surface area is 517 Å². The summed E-state index contributed by atoms with van der Waals surface area (Å²) in [5.74, 6) is 2.53. The SMILES string of the molecule is CCNCCCNC(=O)c1ccc2c(Oc3ccc(C(F)(F)F)cc3)cccc2c1.CN(C)CCCNC(=O)c1ccc2c(Oc3ccc(C(F)(F)P)cc3)cccc2c1.CNCCCNC(=O)c1ccc2c(Oc3ccc(C(F)(F)P)cc3)cccc2c1. The normalized spacial score (nSPS) is 11.5. The second kappa shape index (κ2) is 32.3. The van der Waals surface area contributed by atoms with Crippen LogP contribution in [0.3, 0.4) is 0 Å². The highest BCUT2D eigenvalue weighted by Crippen LogP contribution is 2.39. The Bertz CT molecular complexity index is 3790. The van der Waals surface area contributed by atoms with Crippen LogP contribution in [-0.2, 0) is 17.5 Å². The Morgan fingerprint density at radius 2 is 0.775 bits per heavy atom. The smallest absolute Gasteiger partial charge is 0.416 e. The zero-order valence-electron chi connectivity index (χ0n) is 49.6. The molecule has 21 heteroatoms. The summed E-state index contributed by atoms with van der Waals surface area (Å²) in [4.78, 5) is 39.1. The van der Waals surface area contributed by atoms with E-state index in [-0.39, 0.29) is 28.8 Å². The van der Waals surface area contributed by atoms with E-state index in [4.69, 9.17) is 14.2 Å². The number of ether oxygens (including phenoxy) is 3. The first kappa shape index (κ1) is 68.3. The summed E-state index contributed by atoms with van der Waals surface area (Å²) in [7, 11) is 8.91. The Morgan fingerprint density at radius 1 is 0.438 bits per heavy atom. The fourth-order valence-electron chi connectivity index (χ4n) is 9.00. The van der Waals surface area contributed by atoms with Crippen LogP contribution in [0.1, 0.15) is 74.0 Å². The minimum atomic E-state index is -4.39. The number of hydrogen-bond acceptors (Lipinski definition) is 9. The van der Waals surface area contributed by atoms with Crippen LogP contribution >= 0.6 is 18.5 Å². The predicted octanol–water partition coefficient (Wildman–Crippen LogP) is 15.5. The molecule has 9 aromatic rings. The molecule has 0 fully saturated rings. The first-order valence-corrected chi connectivity index (χ1v) is 29.8. The first-order chi connectivity index (χ1) is 42.5. The molecule has 0 heterocycles. The van der Waals surface area contributed by atoms with Crippen LogP contribution < -0.4 is 40.8 Å². The molecular formula is C68H71F7N6O6P2. The number of amides is 3. The van der Waals surface area contributed by atoms with Gasteiger partial charge in [-0.1, -0.05) is 61.8 Å². The lowest BCUT2D eigenvalue weighted by Gasteiger charge is -2.13. The molecule has 0 aliphatic heterocycles. The van der Waals surface area contributed by atoms with Crippen LogP contribution in [0, 0.1) is 0 Å². The highest BCUT2D eigenvalue weighted by atomic mass is 31.0. The molecule has 2 unspecified atom stereocenters. The lowest BCUT2D eigenvalue weighted by molar-refractivity contribution is -0.137.